The van der Waals surface area contributed by atoms with Crippen LogP contribution in [-0.2, 0) is 6.54 Å². The van der Waals surface area contributed by atoms with E-state index in [0.717, 1.165) is 22.0 Å². The summed E-state index contributed by atoms with van der Waals surface area (Å²) in [6, 6.07) is 3.95. The first-order chi connectivity index (χ1) is 11.1. The van der Waals surface area contributed by atoms with Crippen molar-refractivity contribution in [2.75, 3.05) is 20.0 Å². The molecule has 3 aromatic rings. The highest BCUT2D eigenvalue weighted by molar-refractivity contribution is 7.15. The van der Waals surface area contributed by atoms with Gasteiger partial charge in [0.2, 0.25) is 5.13 Å². The molecule has 0 saturated carbocycles. The molecule has 2 heterocycles. The number of nitrogens with zero attached hydrogens (tertiary/aromatic N) is 4. The van der Waals surface area contributed by atoms with E-state index in [0.29, 0.717) is 23.2 Å². The first-order valence-electron chi connectivity index (χ1n) is 6.94. The topological polar surface area (TPSA) is 88.1 Å². The Labute approximate surface area is 137 Å². The fourth-order valence-electron chi connectivity index (χ4n) is 2.43. The molecule has 0 bridgehead atoms. The third kappa shape index (κ3) is 2.98. The van der Waals surface area contributed by atoms with Crippen LogP contribution in [0.3, 0.4) is 0 Å². The molecule has 8 heteroatoms. The summed E-state index contributed by atoms with van der Waals surface area (Å²) in [6.07, 6.45) is 3.63. The van der Waals surface area contributed by atoms with Gasteiger partial charge in [-0.25, -0.2) is 4.98 Å². The van der Waals surface area contributed by atoms with Crippen molar-refractivity contribution in [2.45, 2.75) is 13.5 Å². The smallest absolute Gasteiger partial charge is 0.203 e. The number of nitrogen functional groups attached to an aromatic ring is 1. The first-order valence-corrected chi connectivity index (χ1v) is 7.76. The van der Waals surface area contributed by atoms with Crippen LogP contribution in [0.2, 0.25) is 0 Å². The van der Waals surface area contributed by atoms with Crippen LogP contribution in [0.1, 0.15) is 10.6 Å². The van der Waals surface area contributed by atoms with Gasteiger partial charge >= 0.3 is 0 Å². The van der Waals surface area contributed by atoms with Crippen LogP contribution in [0, 0.1) is 6.92 Å². The molecule has 0 fully saturated rings. The summed E-state index contributed by atoms with van der Waals surface area (Å²) in [5, 5.41) is 9.18. The second-order valence-corrected chi connectivity index (χ2v) is 6.05. The highest BCUT2D eigenvalue weighted by Gasteiger charge is 2.17. The molecule has 0 atom stereocenters. The molecule has 0 aliphatic rings. The molecule has 7 nitrogen and oxygen atoms in total. The van der Waals surface area contributed by atoms with Gasteiger partial charge in [0.05, 0.1) is 26.3 Å². The predicted octanol–water partition coefficient (Wildman–Crippen LogP) is 2.36. The first kappa shape index (κ1) is 15.3. The molecule has 2 N–H and O–H groups in total. The number of nitrogens with two attached hydrogens (primary N) is 1. The molecule has 3 rings (SSSR count). The molecule has 0 spiro atoms. The minimum Gasteiger partial charge on any atom is -0.493 e. The fraction of sp³-hybridized carbons (Fsp3) is 0.267. The van der Waals surface area contributed by atoms with E-state index in [9.17, 15) is 0 Å². The largest absolute Gasteiger partial charge is 0.493 e. The molecule has 2 aromatic heterocycles. The van der Waals surface area contributed by atoms with E-state index in [2.05, 4.69) is 15.2 Å². The van der Waals surface area contributed by atoms with E-state index in [-0.39, 0.29) is 0 Å². The van der Waals surface area contributed by atoms with Gasteiger partial charge in [0.15, 0.2) is 11.5 Å². The van der Waals surface area contributed by atoms with Gasteiger partial charge in [0.1, 0.15) is 10.8 Å². The monoisotopic (exact) mass is 331 g/mol. The van der Waals surface area contributed by atoms with Crippen molar-refractivity contribution < 1.29 is 9.47 Å². The number of benzene rings is 1. The highest BCUT2D eigenvalue weighted by atomic mass is 32.1. The maximum absolute atomic E-state index is 5.64. The zero-order valence-electron chi connectivity index (χ0n) is 13.1. The standard InChI is InChI=1S/C15H17N5O2S/c1-9-6-10(13(22-3)11(7-9)21-2)14-17-4-5-20(14)8-12-18-19-15(16)23-12/h4-7H,8H2,1-3H3,(H2,16,19). The van der Waals surface area contributed by atoms with Gasteiger partial charge in [-0.15, -0.1) is 10.2 Å². The third-order valence-electron chi connectivity index (χ3n) is 3.37. The van der Waals surface area contributed by atoms with Gasteiger partial charge in [-0.2, -0.15) is 0 Å². The number of hydrogen-bond donors (Lipinski definition) is 1. The van der Waals surface area contributed by atoms with E-state index in [1.807, 2.05) is 29.8 Å². The zero-order valence-corrected chi connectivity index (χ0v) is 13.9. The molecular formula is C15H17N5O2S. The summed E-state index contributed by atoms with van der Waals surface area (Å²) >= 11 is 1.36. The van der Waals surface area contributed by atoms with Crippen LogP contribution < -0.4 is 15.2 Å². The van der Waals surface area contributed by atoms with E-state index < -0.39 is 0 Å². The van der Waals surface area contributed by atoms with Gasteiger partial charge in [0.25, 0.3) is 0 Å². The number of ether oxygens (including phenoxy) is 2. The van der Waals surface area contributed by atoms with E-state index in [1.54, 1.807) is 20.4 Å². The average Bonchev–Trinajstić information content (AvgIpc) is 3.15. The second-order valence-electron chi connectivity index (χ2n) is 4.96. The lowest BCUT2D eigenvalue weighted by Crippen LogP contribution is -2.03. The van der Waals surface area contributed by atoms with Crippen LogP contribution in [0.15, 0.2) is 24.5 Å². The SMILES string of the molecule is COc1cc(C)cc(-c2nccn2Cc2nnc(N)s2)c1OC. The normalized spacial score (nSPS) is 10.7. The lowest BCUT2D eigenvalue weighted by molar-refractivity contribution is 0.355. The van der Waals surface area contributed by atoms with Crippen molar-refractivity contribution >= 4 is 16.5 Å². The summed E-state index contributed by atoms with van der Waals surface area (Å²) in [7, 11) is 3.24. The molecule has 0 radical (unpaired) electrons. The van der Waals surface area contributed by atoms with E-state index >= 15 is 0 Å². The minimum absolute atomic E-state index is 0.455. The van der Waals surface area contributed by atoms with Gasteiger partial charge in [0, 0.05) is 12.4 Å². The number of hydrogen-bond acceptors (Lipinski definition) is 7. The third-order valence-corrected chi connectivity index (χ3v) is 4.10. The quantitative estimate of drug-likeness (QED) is 0.772. The van der Waals surface area contributed by atoms with Gasteiger partial charge in [-0.05, 0) is 24.6 Å². The van der Waals surface area contributed by atoms with Crippen molar-refractivity contribution in [2.24, 2.45) is 0 Å². The predicted molar refractivity (Wildman–Crippen MR) is 88.9 cm³/mol. The molecule has 1 aromatic carbocycles. The highest BCUT2D eigenvalue weighted by Crippen LogP contribution is 2.38. The average molecular weight is 331 g/mol. The molecule has 0 aliphatic heterocycles. The van der Waals surface area contributed by atoms with Crippen LogP contribution in [0.25, 0.3) is 11.4 Å². The second kappa shape index (κ2) is 6.25. The molecule has 23 heavy (non-hydrogen) atoms. The Hall–Kier alpha value is -2.61. The van der Waals surface area contributed by atoms with Crippen molar-refractivity contribution in [3.8, 4) is 22.9 Å². The summed E-state index contributed by atoms with van der Waals surface area (Å²) < 4.78 is 12.9. The van der Waals surface area contributed by atoms with Crippen LogP contribution in [0.5, 0.6) is 11.5 Å². The molecule has 0 aliphatic carbocycles. The molecule has 0 saturated heterocycles. The Bertz CT molecular complexity index is 827. The number of aromatic nitrogens is 4. The molecule has 0 unspecified atom stereocenters. The zero-order chi connectivity index (χ0) is 16.4. The van der Waals surface area contributed by atoms with E-state index in [1.165, 1.54) is 11.3 Å². The Morgan fingerprint density at radius 2 is 2.04 bits per heavy atom. The van der Waals surface area contributed by atoms with Gasteiger partial charge in [-0.1, -0.05) is 11.3 Å². The number of anilines is 1. The molecular weight excluding hydrogens is 314 g/mol. The Morgan fingerprint density at radius 1 is 1.22 bits per heavy atom. The lowest BCUT2D eigenvalue weighted by Gasteiger charge is -2.14. The molecule has 0 amide bonds. The van der Waals surface area contributed by atoms with Crippen molar-refractivity contribution in [3.63, 3.8) is 0 Å². The summed E-state index contributed by atoms with van der Waals surface area (Å²) in [5.74, 6) is 2.11. The van der Waals surface area contributed by atoms with Crippen molar-refractivity contribution in [3.05, 3.63) is 35.1 Å². The summed E-state index contributed by atoms with van der Waals surface area (Å²) in [4.78, 5) is 4.47. The van der Waals surface area contributed by atoms with Crippen molar-refractivity contribution in [1.82, 2.24) is 19.7 Å². The Kier molecular flexibility index (Phi) is 4.16. The van der Waals surface area contributed by atoms with E-state index in [4.69, 9.17) is 15.2 Å². The number of methoxy groups -OCH3 is 2. The van der Waals surface area contributed by atoms with Crippen molar-refractivity contribution in [1.29, 1.82) is 0 Å². The maximum Gasteiger partial charge on any atom is 0.203 e. The van der Waals surface area contributed by atoms with Crippen LogP contribution in [0.4, 0.5) is 5.13 Å². The van der Waals surface area contributed by atoms with Gasteiger partial charge < -0.3 is 19.8 Å². The van der Waals surface area contributed by atoms with Crippen LogP contribution in [-0.4, -0.2) is 34.0 Å². The number of imidazole rings is 1. The lowest BCUT2D eigenvalue weighted by atomic mass is 10.1. The Balaban J connectivity index is 2.06. The van der Waals surface area contributed by atoms with Crippen LogP contribution >= 0.6 is 11.3 Å². The number of rotatable bonds is 5. The summed E-state index contributed by atoms with van der Waals surface area (Å²) in [6.45, 7) is 2.55. The minimum atomic E-state index is 0.455. The summed E-state index contributed by atoms with van der Waals surface area (Å²) in [5.41, 5.74) is 7.57. The Morgan fingerprint density at radius 3 is 2.70 bits per heavy atom. The van der Waals surface area contributed by atoms with Gasteiger partial charge in [-0.3, -0.25) is 0 Å². The maximum atomic E-state index is 5.64. The fourth-order valence-corrected chi connectivity index (χ4v) is 3.03. The number of aryl methyl sites for hydroxylation is 1. The molecule has 120 valence electrons.